The van der Waals surface area contributed by atoms with Crippen molar-refractivity contribution >= 4 is 22.8 Å². The van der Waals surface area contributed by atoms with Crippen molar-refractivity contribution in [2.45, 2.75) is 25.4 Å². The van der Waals surface area contributed by atoms with E-state index in [1.165, 1.54) is 10.9 Å². The molecule has 1 saturated heterocycles. The molecule has 2 aromatic heterocycles. The van der Waals surface area contributed by atoms with Crippen LogP contribution in [0.3, 0.4) is 0 Å². The first kappa shape index (κ1) is 17.5. The van der Waals surface area contributed by atoms with E-state index in [0.717, 1.165) is 31.4 Å². The number of rotatable bonds is 7. The summed E-state index contributed by atoms with van der Waals surface area (Å²) in [6.07, 6.45) is 8.17. The van der Waals surface area contributed by atoms with Gasteiger partial charge in [0.15, 0.2) is 0 Å². The first-order valence-electron chi connectivity index (χ1n) is 9.30. The molecule has 7 heteroatoms. The molecule has 1 atom stereocenters. The molecule has 0 aliphatic carbocycles. The Morgan fingerprint density at radius 3 is 2.93 bits per heavy atom. The fourth-order valence-corrected chi connectivity index (χ4v) is 3.30. The predicted octanol–water partition coefficient (Wildman–Crippen LogP) is 2.52. The van der Waals surface area contributed by atoms with Gasteiger partial charge in [0.1, 0.15) is 0 Å². The van der Waals surface area contributed by atoms with E-state index in [0.29, 0.717) is 24.6 Å². The highest BCUT2D eigenvalue weighted by atomic mass is 16.5. The number of aromatic nitrogens is 3. The van der Waals surface area contributed by atoms with Gasteiger partial charge < -0.3 is 20.4 Å². The van der Waals surface area contributed by atoms with E-state index >= 15 is 0 Å². The largest absolute Gasteiger partial charge is 0.376 e. The molecule has 1 aliphatic rings. The van der Waals surface area contributed by atoms with Gasteiger partial charge >= 0.3 is 0 Å². The van der Waals surface area contributed by atoms with E-state index in [9.17, 15) is 4.79 Å². The Morgan fingerprint density at radius 2 is 2.11 bits per heavy atom. The van der Waals surface area contributed by atoms with E-state index in [-0.39, 0.29) is 12.0 Å². The average molecular weight is 365 g/mol. The van der Waals surface area contributed by atoms with Crippen LogP contribution in [0.1, 0.15) is 28.8 Å². The molecule has 0 spiro atoms. The number of benzene rings is 1. The topological polar surface area (TPSA) is 91.9 Å². The summed E-state index contributed by atoms with van der Waals surface area (Å²) < 4.78 is 5.50. The lowest BCUT2D eigenvalue weighted by atomic mass is 10.1. The van der Waals surface area contributed by atoms with Crippen LogP contribution in [-0.4, -0.2) is 46.7 Å². The van der Waals surface area contributed by atoms with Crippen LogP contribution in [-0.2, 0) is 11.2 Å². The van der Waals surface area contributed by atoms with Gasteiger partial charge in [-0.05, 0) is 30.9 Å². The van der Waals surface area contributed by atoms with E-state index in [2.05, 4.69) is 37.7 Å². The number of nitrogens with zero attached hydrogens (tertiary/aromatic N) is 2. The van der Waals surface area contributed by atoms with Crippen LogP contribution in [0.4, 0.5) is 5.95 Å². The van der Waals surface area contributed by atoms with Crippen LogP contribution < -0.4 is 10.6 Å². The first-order chi connectivity index (χ1) is 13.3. The summed E-state index contributed by atoms with van der Waals surface area (Å²) >= 11 is 0. The van der Waals surface area contributed by atoms with Crippen molar-refractivity contribution in [3.05, 3.63) is 54.0 Å². The third-order valence-electron chi connectivity index (χ3n) is 4.78. The smallest absolute Gasteiger partial charge is 0.254 e. The van der Waals surface area contributed by atoms with Crippen molar-refractivity contribution in [2.24, 2.45) is 0 Å². The zero-order valence-corrected chi connectivity index (χ0v) is 15.1. The van der Waals surface area contributed by atoms with Gasteiger partial charge in [0.05, 0.1) is 11.7 Å². The zero-order chi connectivity index (χ0) is 18.5. The molecule has 1 amide bonds. The minimum absolute atomic E-state index is 0.125. The van der Waals surface area contributed by atoms with Crippen LogP contribution in [0.15, 0.2) is 42.9 Å². The Bertz CT molecular complexity index is 900. The fourth-order valence-electron chi connectivity index (χ4n) is 3.30. The highest BCUT2D eigenvalue weighted by Crippen LogP contribution is 2.18. The quantitative estimate of drug-likeness (QED) is 0.598. The lowest BCUT2D eigenvalue weighted by Gasteiger charge is -2.10. The summed E-state index contributed by atoms with van der Waals surface area (Å²) in [5.41, 5.74) is 2.85. The maximum absolute atomic E-state index is 12.1. The SMILES string of the molecule is O=C(NCC1CCCO1)c1cnc(NCCc2c[nH]c3ccccc23)nc1. The molecule has 27 heavy (non-hydrogen) atoms. The lowest BCUT2D eigenvalue weighted by molar-refractivity contribution is 0.0857. The zero-order valence-electron chi connectivity index (χ0n) is 15.1. The molecule has 3 aromatic rings. The number of ether oxygens (including phenoxy) is 1. The third-order valence-corrected chi connectivity index (χ3v) is 4.78. The number of hydrogen-bond donors (Lipinski definition) is 3. The summed E-state index contributed by atoms with van der Waals surface area (Å²) in [6.45, 7) is 2.03. The summed E-state index contributed by atoms with van der Waals surface area (Å²) in [7, 11) is 0. The predicted molar refractivity (Wildman–Crippen MR) is 104 cm³/mol. The molecule has 1 aliphatic heterocycles. The van der Waals surface area contributed by atoms with Crippen LogP contribution in [0.2, 0.25) is 0 Å². The monoisotopic (exact) mass is 365 g/mol. The van der Waals surface area contributed by atoms with Gasteiger partial charge in [-0.3, -0.25) is 4.79 Å². The first-order valence-corrected chi connectivity index (χ1v) is 9.30. The number of amides is 1. The Hall–Kier alpha value is -2.93. The second-order valence-corrected chi connectivity index (χ2v) is 6.68. The van der Waals surface area contributed by atoms with Crippen molar-refractivity contribution in [2.75, 3.05) is 25.0 Å². The molecule has 0 saturated carbocycles. The summed E-state index contributed by atoms with van der Waals surface area (Å²) in [5.74, 6) is 0.348. The van der Waals surface area contributed by atoms with Gasteiger partial charge in [0.2, 0.25) is 5.95 Å². The molecule has 1 unspecified atom stereocenters. The molecule has 0 bridgehead atoms. The molecule has 1 aromatic carbocycles. The molecule has 1 fully saturated rings. The van der Waals surface area contributed by atoms with Crippen molar-refractivity contribution in [3.8, 4) is 0 Å². The Morgan fingerprint density at radius 1 is 1.26 bits per heavy atom. The maximum atomic E-state index is 12.1. The van der Waals surface area contributed by atoms with E-state index in [1.54, 1.807) is 12.4 Å². The lowest BCUT2D eigenvalue weighted by Crippen LogP contribution is -2.31. The van der Waals surface area contributed by atoms with Crippen LogP contribution in [0.5, 0.6) is 0 Å². The van der Waals surface area contributed by atoms with E-state index in [1.807, 2.05) is 18.3 Å². The van der Waals surface area contributed by atoms with Gasteiger partial charge in [0.25, 0.3) is 5.91 Å². The van der Waals surface area contributed by atoms with Crippen LogP contribution in [0.25, 0.3) is 10.9 Å². The molecule has 7 nitrogen and oxygen atoms in total. The van der Waals surface area contributed by atoms with Gasteiger partial charge in [-0.15, -0.1) is 0 Å². The van der Waals surface area contributed by atoms with Crippen LogP contribution >= 0.6 is 0 Å². The average Bonchev–Trinajstić information content (AvgIpc) is 3.37. The van der Waals surface area contributed by atoms with Gasteiger partial charge in [0, 0.05) is 49.2 Å². The summed E-state index contributed by atoms with van der Waals surface area (Å²) in [4.78, 5) is 23.9. The molecular weight excluding hydrogens is 342 g/mol. The number of aromatic amines is 1. The summed E-state index contributed by atoms with van der Waals surface area (Å²) in [5, 5.41) is 7.31. The molecule has 3 heterocycles. The van der Waals surface area contributed by atoms with Gasteiger partial charge in [-0.1, -0.05) is 18.2 Å². The number of para-hydroxylation sites is 1. The van der Waals surface area contributed by atoms with Gasteiger partial charge in [-0.2, -0.15) is 0 Å². The van der Waals surface area contributed by atoms with Crippen molar-refractivity contribution in [1.29, 1.82) is 0 Å². The highest BCUT2D eigenvalue weighted by molar-refractivity contribution is 5.93. The minimum atomic E-state index is -0.171. The van der Waals surface area contributed by atoms with E-state index < -0.39 is 0 Å². The van der Waals surface area contributed by atoms with Crippen molar-refractivity contribution in [3.63, 3.8) is 0 Å². The number of hydrogen-bond acceptors (Lipinski definition) is 5. The fraction of sp³-hybridized carbons (Fsp3) is 0.350. The molecular formula is C20H23N5O2. The Labute approximate surface area is 157 Å². The molecule has 140 valence electrons. The second kappa shape index (κ2) is 8.18. The number of nitrogens with one attached hydrogen (secondary N) is 3. The Balaban J connectivity index is 1.26. The summed E-state index contributed by atoms with van der Waals surface area (Å²) in [6, 6.07) is 8.24. The molecule has 4 rings (SSSR count). The highest BCUT2D eigenvalue weighted by Gasteiger charge is 2.17. The van der Waals surface area contributed by atoms with Crippen LogP contribution in [0, 0.1) is 0 Å². The Kier molecular flexibility index (Phi) is 5.29. The van der Waals surface area contributed by atoms with Crippen molar-refractivity contribution < 1.29 is 9.53 Å². The number of anilines is 1. The van der Waals surface area contributed by atoms with E-state index in [4.69, 9.17) is 4.74 Å². The third kappa shape index (κ3) is 4.25. The standard InChI is InChI=1S/C20H23N5O2/c26-19(23-13-16-4-3-9-27-16)15-11-24-20(25-12-15)21-8-7-14-10-22-18-6-2-1-5-17(14)18/h1-2,5-6,10-12,16,22H,3-4,7-9,13H2,(H,23,26)(H,21,24,25). The maximum Gasteiger partial charge on any atom is 0.254 e. The van der Waals surface area contributed by atoms with Gasteiger partial charge in [-0.25, -0.2) is 9.97 Å². The molecule has 3 N–H and O–H groups in total. The normalized spacial score (nSPS) is 16.5. The number of H-pyrrole nitrogens is 1. The number of carbonyl (C=O) groups excluding carboxylic acids is 1. The molecule has 0 radical (unpaired) electrons. The minimum Gasteiger partial charge on any atom is -0.376 e. The van der Waals surface area contributed by atoms with Crippen molar-refractivity contribution in [1.82, 2.24) is 20.3 Å². The number of fused-ring (bicyclic) bond motifs is 1. The second-order valence-electron chi connectivity index (χ2n) is 6.68. The number of carbonyl (C=O) groups is 1.